The lowest BCUT2D eigenvalue weighted by molar-refractivity contribution is -0.145. The molecule has 0 aliphatic rings. The number of aliphatic carboxylic acids is 1. The van der Waals surface area contributed by atoms with Crippen molar-refractivity contribution in [2.75, 3.05) is 0 Å². The molecule has 0 amide bonds. The van der Waals surface area contributed by atoms with Gasteiger partial charge in [0.15, 0.2) is 6.10 Å². The van der Waals surface area contributed by atoms with Gasteiger partial charge in [0.25, 0.3) is 0 Å². The monoisotopic (exact) mass is 326 g/mol. The van der Waals surface area contributed by atoms with Gasteiger partial charge in [-0.05, 0) is 36.5 Å². The average Bonchev–Trinajstić information content (AvgIpc) is 2.44. The van der Waals surface area contributed by atoms with E-state index in [2.05, 4.69) is 26.8 Å². The number of rotatable bonds is 5. The molecule has 0 radical (unpaired) electrons. The SMILES string of the molecule is Cc1cc(C)cc(C[C@@H](Oc2ccccc2C(C)(C)C)C(=O)O)c1. The summed E-state index contributed by atoms with van der Waals surface area (Å²) in [6.07, 6.45) is -0.564. The highest BCUT2D eigenvalue weighted by molar-refractivity contribution is 5.73. The number of benzene rings is 2. The summed E-state index contributed by atoms with van der Waals surface area (Å²) >= 11 is 0. The molecule has 128 valence electrons. The van der Waals surface area contributed by atoms with Crippen molar-refractivity contribution >= 4 is 5.97 Å². The minimum absolute atomic E-state index is 0.112. The Morgan fingerprint density at radius 3 is 2.21 bits per heavy atom. The summed E-state index contributed by atoms with van der Waals surface area (Å²) in [5, 5.41) is 9.60. The topological polar surface area (TPSA) is 46.5 Å². The first kappa shape index (κ1) is 18.1. The van der Waals surface area contributed by atoms with Gasteiger partial charge in [0.2, 0.25) is 0 Å². The maximum absolute atomic E-state index is 11.7. The molecule has 1 N–H and O–H groups in total. The Morgan fingerprint density at radius 2 is 1.67 bits per heavy atom. The predicted molar refractivity (Wildman–Crippen MR) is 96.8 cm³/mol. The number of ether oxygens (including phenoxy) is 1. The van der Waals surface area contributed by atoms with E-state index in [1.165, 1.54) is 0 Å². The van der Waals surface area contributed by atoms with Crippen molar-refractivity contribution in [3.8, 4) is 5.75 Å². The van der Waals surface area contributed by atoms with E-state index < -0.39 is 12.1 Å². The normalized spacial score (nSPS) is 12.7. The molecule has 1 atom stereocenters. The van der Waals surface area contributed by atoms with Crippen LogP contribution < -0.4 is 4.74 Å². The van der Waals surface area contributed by atoms with Crippen molar-refractivity contribution in [3.05, 3.63) is 64.7 Å². The lowest BCUT2D eigenvalue weighted by Crippen LogP contribution is -2.30. The predicted octanol–water partition coefficient (Wildman–Crippen LogP) is 4.68. The average molecular weight is 326 g/mol. The smallest absolute Gasteiger partial charge is 0.345 e. The highest BCUT2D eigenvalue weighted by Crippen LogP contribution is 2.32. The number of carboxylic acid groups (broad SMARTS) is 1. The standard InChI is InChI=1S/C21H26O3/c1-14-10-15(2)12-16(11-14)13-19(20(22)23)24-18-9-7-6-8-17(18)21(3,4)5/h6-12,19H,13H2,1-5H3,(H,22,23)/t19-/m1/s1. The highest BCUT2D eigenvalue weighted by Gasteiger charge is 2.24. The first-order valence-corrected chi connectivity index (χ1v) is 8.23. The third-order valence-corrected chi connectivity index (χ3v) is 3.94. The van der Waals surface area contributed by atoms with Crippen LogP contribution in [0.4, 0.5) is 0 Å². The number of carboxylic acids is 1. The molecule has 0 bridgehead atoms. The van der Waals surface area contributed by atoms with Crippen LogP contribution in [0.3, 0.4) is 0 Å². The fourth-order valence-electron chi connectivity index (χ4n) is 2.92. The van der Waals surface area contributed by atoms with E-state index in [-0.39, 0.29) is 5.41 Å². The third-order valence-electron chi connectivity index (χ3n) is 3.94. The van der Waals surface area contributed by atoms with Crippen LogP contribution in [0.15, 0.2) is 42.5 Å². The van der Waals surface area contributed by atoms with Crippen molar-refractivity contribution in [1.29, 1.82) is 0 Å². The number of aryl methyl sites for hydroxylation is 2. The molecule has 0 fully saturated rings. The van der Waals surface area contributed by atoms with E-state index in [1.807, 2.05) is 50.2 Å². The summed E-state index contributed by atoms with van der Waals surface area (Å²) in [5.41, 5.74) is 4.14. The summed E-state index contributed by atoms with van der Waals surface area (Å²) in [6, 6.07) is 13.8. The van der Waals surface area contributed by atoms with Gasteiger partial charge in [0.1, 0.15) is 5.75 Å². The number of para-hydroxylation sites is 1. The second kappa shape index (κ2) is 7.08. The van der Waals surface area contributed by atoms with Gasteiger partial charge in [-0.15, -0.1) is 0 Å². The van der Waals surface area contributed by atoms with Crippen LogP contribution in [-0.4, -0.2) is 17.2 Å². The van der Waals surface area contributed by atoms with E-state index in [0.29, 0.717) is 12.2 Å². The van der Waals surface area contributed by atoms with Gasteiger partial charge in [-0.3, -0.25) is 0 Å². The van der Waals surface area contributed by atoms with Gasteiger partial charge in [0.05, 0.1) is 0 Å². The van der Waals surface area contributed by atoms with Gasteiger partial charge in [-0.2, -0.15) is 0 Å². The Morgan fingerprint density at radius 1 is 1.08 bits per heavy atom. The highest BCUT2D eigenvalue weighted by atomic mass is 16.5. The summed E-state index contributed by atoms with van der Waals surface area (Å²) in [4.78, 5) is 11.7. The molecule has 0 aliphatic carbocycles. The largest absolute Gasteiger partial charge is 0.478 e. The Hall–Kier alpha value is -2.29. The molecule has 0 heterocycles. The zero-order valence-corrected chi connectivity index (χ0v) is 15.1. The molecule has 24 heavy (non-hydrogen) atoms. The van der Waals surface area contributed by atoms with Crippen molar-refractivity contribution in [2.24, 2.45) is 0 Å². The maximum Gasteiger partial charge on any atom is 0.345 e. The minimum Gasteiger partial charge on any atom is -0.478 e. The van der Waals surface area contributed by atoms with Crippen LogP contribution in [0.25, 0.3) is 0 Å². The summed E-state index contributed by atoms with van der Waals surface area (Å²) in [7, 11) is 0. The lowest BCUT2D eigenvalue weighted by Gasteiger charge is -2.25. The zero-order valence-electron chi connectivity index (χ0n) is 15.1. The second-order valence-electron chi connectivity index (χ2n) is 7.39. The Bertz CT molecular complexity index is 706. The van der Waals surface area contributed by atoms with E-state index in [9.17, 15) is 9.90 Å². The summed E-state index contributed by atoms with van der Waals surface area (Å²) in [6.45, 7) is 10.3. The van der Waals surface area contributed by atoms with Gasteiger partial charge >= 0.3 is 5.97 Å². The van der Waals surface area contributed by atoms with Crippen LogP contribution in [0.2, 0.25) is 0 Å². The van der Waals surface area contributed by atoms with Crippen molar-refractivity contribution in [1.82, 2.24) is 0 Å². The molecule has 0 aromatic heterocycles. The van der Waals surface area contributed by atoms with E-state index >= 15 is 0 Å². The van der Waals surface area contributed by atoms with Crippen molar-refractivity contribution in [2.45, 2.75) is 52.6 Å². The molecular weight excluding hydrogens is 300 g/mol. The fraction of sp³-hybridized carbons (Fsp3) is 0.381. The number of hydrogen-bond acceptors (Lipinski definition) is 2. The van der Waals surface area contributed by atoms with Crippen LogP contribution in [-0.2, 0) is 16.6 Å². The molecule has 0 spiro atoms. The first-order chi connectivity index (χ1) is 11.2. The third kappa shape index (κ3) is 4.60. The van der Waals surface area contributed by atoms with Gasteiger partial charge in [-0.1, -0.05) is 68.3 Å². The fourth-order valence-corrected chi connectivity index (χ4v) is 2.92. The van der Waals surface area contributed by atoms with E-state index in [4.69, 9.17) is 4.74 Å². The molecule has 2 aromatic carbocycles. The Kier molecular flexibility index (Phi) is 5.33. The van der Waals surface area contributed by atoms with Gasteiger partial charge < -0.3 is 9.84 Å². The Labute approximate surface area is 144 Å². The molecule has 3 heteroatoms. The molecule has 0 unspecified atom stereocenters. The molecule has 2 aromatic rings. The molecule has 2 rings (SSSR count). The van der Waals surface area contributed by atoms with Gasteiger partial charge in [0, 0.05) is 6.42 Å². The Balaban J connectivity index is 2.29. The number of hydrogen-bond donors (Lipinski definition) is 1. The van der Waals surface area contributed by atoms with Crippen LogP contribution in [0, 0.1) is 13.8 Å². The quantitative estimate of drug-likeness (QED) is 0.868. The summed E-state index contributed by atoms with van der Waals surface area (Å²) < 4.78 is 5.92. The molecular formula is C21H26O3. The molecule has 0 aliphatic heterocycles. The van der Waals surface area contributed by atoms with E-state index in [0.717, 1.165) is 22.3 Å². The van der Waals surface area contributed by atoms with Crippen LogP contribution in [0.5, 0.6) is 5.75 Å². The lowest BCUT2D eigenvalue weighted by atomic mass is 9.86. The summed E-state index contributed by atoms with van der Waals surface area (Å²) in [5.74, 6) is -0.306. The molecule has 3 nitrogen and oxygen atoms in total. The zero-order chi connectivity index (χ0) is 17.9. The molecule has 0 saturated carbocycles. The second-order valence-corrected chi connectivity index (χ2v) is 7.39. The number of carbonyl (C=O) groups is 1. The minimum atomic E-state index is -0.946. The van der Waals surface area contributed by atoms with Crippen molar-refractivity contribution < 1.29 is 14.6 Å². The van der Waals surface area contributed by atoms with Crippen LogP contribution >= 0.6 is 0 Å². The van der Waals surface area contributed by atoms with Crippen molar-refractivity contribution in [3.63, 3.8) is 0 Å². The van der Waals surface area contributed by atoms with Crippen LogP contribution in [0.1, 0.15) is 43.0 Å². The molecule has 0 saturated heterocycles. The first-order valence-electron chi connectivity index (χ1n) is 8.23. The maximum atomic E-state index is 11.7. The van der Waals surface area contributed by atoms with E-state index in [1.54, 1.807) is 0 Å². The van der Waals surface area contributed by atoms with Gasteiger partial charge in [-0.25, -0.2) is 4.79 Å².